The summed E-state index contributed by atoms with van der Waals surface area (Å²) in [5.41, 5.74) is 8.06. The van der Waals surface area contributed by atoms with Crippen LogP contribution in [-0.4, -0.2) is 51.4 Å². The third-order valence-electron chi connectivity index (χ3n) is 7.01. The van der Waals surface area contributed by atoms with Gasteiger partial charge in [-0.2, -0.15) is 0 Å². The van der Waals surface area contributed by atoms with Crippen molar-refractivity contribution in [1.29, 1.82) is 0 Å². The molecule has 0 amide bonds. The van der Waals surface area contributed by atoms with E-state index in [1.807, 2.05) is 13.0 Å². The van der Waals surface area contributed by atoms with Gasteiger partial charge in [0.15, 0.2) is 12.1 Å². The molecular weight excluding hydrogens is 438 g/mol. The third kappa shape index (κ3) is 3.45. The lowest BCUT2D eigenvalue weighted by molar-refractivity contribution is -0.240. The van der Waals surface area contributed by atoms with E-state index in [1.165, 1.54) is 18.2 Å². The molecule has 1 aliphatic heterocycles. The Morgan fingerprint density at radius 3 is 2.62 bits per heavy atom. The zero-order chi connectivity index (χ0) is 24.3. The number of phenols is 2. The molecule has 1 saturated heterocycles. The molecule has 2 aromatic carbocycles. The molecule has 0 spiro atoms. The molecule has 1 fully saturated rings. The molecule has 3 aliphatic rings. The number of aliphatic hydroxyl groups excluding tert-OH is 1. The Bertz CT molecular complexity index is 1220. The van der Waals surface area contributed by atoms with Crippen molar-refractivity contribution in [1.82, 2.24) is 0 Å². The van der Waals surface area contributed by atoms with E-state index in [-0.39, 0.29) is 40.2 Å². The maximum Gasteiger partial charge on any atom is 0.201 e. The topological polar surface area (TPSA) is 139 Å². The van der Waals surface area contributed by atoms with Gasteiger partial charge in [0.2, 0.25) is 5.78 Å². The lowest BCUT2D eigenvalue weighted by Crippen LogP contribution is -2.51. The van der Waals surface area contributed by atoms with Gasteiger partial charge in [-0.25, -0.2) is 0 Å². The highest BCUT2D eigenvalue weighted by Crippen LogP contribution is 2.47. The average Bonchev–Trinajstić information content (AvgIpc) is 2.80. The van der Waals surface area contributed by atoms with Crippen LogP contribution in [0.5, 0.6) is 11.5 Å². The molecule has 0 bridgehead atoms. The van der Waals surface area contributed by atoms with E-state index in [2.05, 4.69) is 0 Å². The Hall–Kier alpha value is -3.04. The molecule has 0 aromatic heterocycles. The number of phenolic OH excluding ortho intramolecular Hbond substituents is 2. The molecule has 0 radical (unpaired) electrons. The van der Waals surface area contributed by atoms with E-state index in [0.717, 1.165) is 12.0 Å². The molecule has 8 heteroatoms. The number of hydrogen-bond donors (Lipinski definition) is 4. The van der Waals surface area contributed by atoms with Gasteiger partial charge < -0.3 is 30.5 Å². The van der Waals surface area contributed by atoms with Crippen molar-refractivity contribution in [2.75, 3.05) is 0 Å². The summed E-state index contributed by atoms with van der Waals surface area (Å²) in [5, 5.41) is 31.7. The molecule has 2 aliphatic carbocycles. The van der Waals surface area contributed by atoms with E-state index in [4.69, 9.17) is 15.2 Å². The van der Waals surface area contributed by atoms with E-state index < -0.39 is 42.2 Å². The van der Waals surface area contributed by atoms with Gasteiger partial charge in [-0.05, 0) is 37.5 Å². The van der Waals surface area contributed by atoms with Gasteiger partial charge >= 0.3 is 0 Å². The van der Waals surface area contributed by atoms with Crippen LogP contribution in [-0.2, 0) is 9.47 Å². The quantitative estimate of drug-likeness (QED) is 0.463. The molecule has 5 rings (SSSR count). The molecule has 8 nitrogen and oxygen atoms in total. The minimum atomic E-state index is -0.804. The molecule has 178 valence electrons. The highest BCUT2D eigenvalue weighted by atomic mass is 16.7. The molecule has 2 aromatic rings. The maximum absolute atomic E-state index is 13.3. The average molecular weight is 466 g/mol. The Morgan fingerprint density at radius 1 is 1.15 bits per heavy atom. The van der Waals surface area contributed by atoms with Gasteiger partial charge in [0.25, 0.3) is 0 Å². The Kier molecular flexibility index (Phi) is 5.56. The van der Waals surface area contributed by atoms with Crippen LogP contribution in [0.15, 0.2) is 29.8 Å². The molecule has 5 atom stereocenters. The van der Waals surface area contributed by atoms with Gasteiger partial charge in [-0.1, -0.05) is 30.7 Å². The minimum Gasteiger partial charge on any atom is -0.507 e. The summed E-state index contributed by atoms with van der Waals surface area (Å²) in [5.74, 6) is -1.68. The largest absolute Gasteiger partial charge is 0.507 e. The summed E-state index contributed by atoms with van der Waals surface area (Å²) < 4.78 is 12.0. The lowest BCUT2D eigenvalue weighted by atomic mass is 9.78. The number of aliphatic hydroxyl groups is 1. The molecule has 1 heterocycles. The summed E-state index contributed by atoms with van der Waals surface area (Å²) >= 11 is 0. The highest BCUT2D eigenvalue weighted by Gasteiger charge is 2.40. The predicted octanol–water partition coefficient (Wildman–Crippen LogP) is 2.95. The number of ether oxygens (including phenoxy) is 2. The smallest absolute Gasteiger partial charge is 0.201 e. The van der Waals surface area contributed by atoms with Crippen molar-refractivity contribution in [3.8, 4) is 11.5 Å². The van der Waals surface area contributed by atoms with Gasteiger partial charge in [0.05, 0.1) is 29.4 Å². The normalized spacial score (nSPS) is 28.1. The summed E-state index contributed by atoms with van der Waals surface area (Å²) in [7, 11) is 0. The number of benzene rings is 2. The van der Waals surface area contributed by atoms with Crippen molar-refractivity contribution < 1.29 is 34.4 Å². The summed E-state index contributed by atoms with van der Waals surface area (Å²) in [6, 6.07) is 5.43. The van der Waals surface area contributed by atoms with Crippen LogP contribution in [0.2, 0.25) is 0 Å². The summed E-state index contributed by atoms with van der Waals surface area (Å²) in [4.78, 5) is 26.5. The number of hydrogen-bond acceptors (Lipinski definition) is 8. The van der Waals surface area contributed by atoms with Crippen LogP contribution in [0, 0.1) is 0 Å². The molecule has 0 saturated carbocycles. The molecule has 34 heavy (non-hydrogen) atoms. The first kappa shape index (κ1) is 22.7. The Balaban J connectivity index is 1.60. The van der Waals surface area contributed by atoms with E-state index in [0.29, 0.717) is 17.5 Å². The van der Waals surface area contributed by atoms with Crippen LogP contribution in [0.3, 0.4) is 0 Å². The standard InChI is InChI=1S/C26H27NO7/c1-3-12-7-13-9-15-22(26(32)21-14(24(15)30)5-4-6-17(21)28)25(31)20(13)18(8-12)34-19-10-16(27)23(29)11(2)33-19/h4-7,9,11,16,18-19,23,28-29,31H,3,8,10,27H2,1-2H3/t11-,16-,18+,19-,23+/m1/s1. The van der Waals surface area contributed by atoms with Gasteiger partial charge in [0, 0.05) is 29.2 Å². The SMILES string of the molecule is CCC1=Cc2cc3c(c(O)c2[C@@H](O[C@@H]2C[C@@H](N)[C@@H](O)[C@@H](C)O2)C1)C(=O)c1c(O)cccc1C3=O. The lowest BCUT2D eigenvalue weighted by Gasteiger charge is -2.38. The predicted molar refractivity (Wildman–Crippen MR) is 123 cm³/mol. The molecule has 5 N–H and O–H groups in total. The highest BCUT2D eigenvalue weighted by molar-refractivity contribution is 6.30. The van der Waals surface area contributed by atoms with Crippen molar-refractivity contribution >= 4 is 17.6 Å². The number of fused-ring (bicyclic) bond motifs is 3. The summed E-state index contributed by atoms with van der Waals surface area (Å²) in [6.45, 7) is 3.72. The number of carbonyl (C=O) groups excluding carboxylic acids is 2. The fourth-order valence-electron chi connectivity index (χ4n) is 5.15. The number of aromatic hydroxyl groups is 2. The van der Waals surface area contributed by atoms with Crippen LogP contribution < -0.4 is 5.73 Å². The van der Waals surface area contributed by atoms with E-state index in [1.54, 1.807) is 13.0 Å². The number of nitrogens with two attached hydrogens (primary N) is 1. The first-order chi connectivity index (χ1) is 16.2. The fourth-order valence-corrected chi connectivity index (χ4v) is 5.15. The second kappa shape index (κ2) is 8.32. The second-order valence-electron chi connectivity index (χ2n) is 9.15. The van der Waals surface area contributed by atoms with Crippen molar-refractivity contribution in [2.45, 2.75) is 63.8 Å². The number of ketones is 2. The molecule has 0 unspecified atom stereocenters. The van der Waals surface area contributed by atoms with Crippen molar-refractivity contribution in [3.05, 3.63) is 63.2 Å². The van der Waals surface area contributed by atoms with Crippen LogP contribution >= 0.6 is 0 Å². The summed E-state index contributed by atoms with van der Waals surface area (Å²) in [6.07, 6.45) is 0.702. The fraction of sp³-hybridized carbons (Fsp3) is 0.385. The monoisotopic (exact) mass is 465 g/mol. The third-order valence-corrected chi connectivity index (χ3v) is 7.01. The van der Waals surface area contributed by atoms with E-state index in [9.17, 15) is 24.9 Å². The second-order valence-corrected chi connectivity index (χ2v) is 9.15. The van der Waals surface area contributed by atoms with Crippen molar-refractivity contribution in [2.24, 2.45) is 5.73 Å². The Labute approximate surface area is 196 Å². The molecular formula is C26H27NO7. The van der Waals surface area contributed by atoms with Crippen molar-refractivity contribution in [3.63, 3.8) is 0 Å². The first-order valence-electron chi connectivity index (χ1n) is 11.5. The Morgan fingerprint density at radius 2 is 1.91 bits per heavy atom. The van der Waals surface area contributed by atoms with Gasteiger partial charge in [-0.15, -0.1) is 0 Å². The maximum atomic E-state index is 13.3. The van der Waals surface area contributed by atoms with Crippen LogP contribution in [0.1, 0.15) is 82.2 Å². The van der Waals surface area contributed by atoms with Crippen LogP contribution in [0.4, 0.5) is 0 Å². The first-order valence-corrected chi connectivity index (χ1v) is 11.5. The number of rotatable bonds is 3. The van der Waals surface area contributed by atoms with Gasteiger partial charge in [-0.3, -0.25) is 9.59 Å². The minimum absolute atomic E-state index is 0.0967. The zero-order valence-electron chi connectivity index (χ0n) is 18.9. The van der Waals surface area contributed by atoms with E-state index >= 15 is 0 Å². The zero-order valence-corrected chi connectivity index (χ0v) is 18.9. The van der Waals surface area contributed by atoms with Gasteiger partial charge in [0.1, 0.15) is 11.5 Å². The van der Waals surface area contributed by atoms with Crippen LogP contribution in [0.25, 0.3) is 6.08 Å². The number of carbonyl (C=O) groups is 2.